The highest BCUT2D eigenvalue weighted by Gasteiger charge is 2.15. The van der Waals surface area contributed by atoms with E-state index in [1.807, 2.05) is 0 Å². The largest absolute Gasteiger partial charge is 0.366 e. The molecule has 7 nitrogen and oxygen atoms in total. The highest BCUT2D eigenvalue weighted by molar-refractivity contribution is 9.10. The summed E-state index contributed by atoms with van der Waals surface area (Å²) in [5, 5.41) is 7.72. The first kappa shape index (κ1) is 21.0. The van der Waals surface area contributed by atoms with E-state index in [0.29, 0.717) is 37.4 Å². The minimum Gasteiger partial charge on any atom is -0.366 e. The fraction of sp³-hybridized carbons (Fsp3) is 0.0526. The molecule has 29 heavy (non-hydrogen) atoms. The maximum absolute atomic E-state index is 12.5. The van der Waals surface area contributed by atoms with Crippen LogP contribution in [-0.2, 0) is 4.79 Å². The topological polar surface area (TPSA) is 103 Å². The minimum absolute atomic E-state index is 0.129. The van der Waals surface area contributed by atoms with Crippen LogP contribution in [0.15, 0.2) is 47.2 Å². The zero-order valence-corrected chi connectivity index (χ0v) is 18.1. The van der Waals surface area contributed by atoms with E-state index in [0.717, 1.165) is 0 Å². The van der Waals surface area contributed by atoms with Gasteiger partial charge in [-0.05, 0) is 64.8 Å². The van der Waals surface area contributed by atoms with Gasteiger partial charge in [0.25, 0.3) is 5.91 Å². The number of aromatic nitrogens is 3. The molecule has 2 heterocycles. The lowest BCUT2D eigenvalue weighted by atomic mass is 10.1. The van der Waals surface area contributed by atoms with Gasteiger partial charge in [-0.1, -0.05) is 23.2 Å². The van der Waals surface area contributed by atoms with Crippen molar-refractivity contribution < 1.29 is 9.59 Å². The molecule has 0 aliphatic rings. The maximum Gasteiger partial charge on any atom is 0.250 e. The van der Waals surface area contributed by atoms with Crippen molar-refractivity contribution in [2.45, 2.75) is 6.92 Å². The zero-order chi connectivity index (χ0) is 21.1. The Kier molecular flexibility index (Phi) is 6.36. The van der Waals surface area contributed by atoms with Crippen molar-refractivity contribution in [2.24, 2.45) is 5.73 Å². The summed E-state index contributed by atoms with van der Waals surface area (Å²) in [5.74, 6) is -0.736. The van der Waals surface area contributed by atoms with Crippen molar-refractivity contribution in [1.29, 1.82) is 0 Å². The number of aryl methyl sites for hydroxylation is 1. The predicted molar refractivity (Wildman–Crippen MR) is 116 cm³/mol. The number of pyridine rings is 1. The van der Waals surface area contributed by atoms with Gasteiger partial charge in [-0.2, -0.15) is 5.10 Å². The molecular formula is C19H14BrCl2N5O2. The van der Waals surface area contributed by atoms with Crippen LogP contribution in [0, 0.1) is 6.92 Å². The Morgan fingerprint density at radius 2 is 2.03 bits per heavy atom. The van der Waals surface area contributed by atoms with Gasteiger partial charge in [0.1, 0.15) is 4.60 Å². The number of benzene rings is 1. The second kappa shape index (κ2) is 8.77. The van der Waals surface area contributed by atoms with Crippen molar-refractivity contribution in [3.8, 4) is 5.82 Å². The lowest BCUT2D eigenvalue weighted by Crippen LogP contribution is -2.18. The number of hydrogen-bond donors (Lipinski definition) is 2. The van der Waals surface area contributed by atoms with Gasteiger partial charge in [-0.15, -0.1) is 0 Å². The molecule has 2 amide bonds. The van der Waals surface area contributed by atoms with Gasteiger partial charge in [0, 0.05) is 17.3 Å². The summed E-state index contributed by atoms with van der Waals surface area (Å²) in [5.41, 5.74) is 7.00. The number of nitrogens with zero attached hydrogens (tertiary/aromatic N) is 3. The summed E-state index contributed by atoms with van der Waals surface area (Å²) in [6.45, 7) is 1.72. The third-order valence-corrected chi connectivity index (χ3v) is 4.77. The number of carbonyl (C=O) groups excluding carboxylic acids is 2. The van der Waals surface area contributed by atoms with Crippen molar-refractivity contribution in [1.82, 2.24) is 14.8 Å². The third-order valence-electron chi connectivity index (χ3n) is 3.87. The molecule has 148 valence electrons. The predicted octanol–water partition coefficient (Wildman–Crippen LogP) is 4.40. The zero-order valence-electron chi connectivity index (χ0n) is 15.0. The normalized spacial score (nSPS) is 11.0. The van der Waals surface area contributed by atoms with Crippen molar-refractivity contribution in [2.75, 3.05) is 5.32 Å². The van der Waals surface area contributed by atoms with Gasteiger partial charge in [0.2, 0.25) is 5.91 Å². The Balaban J connectivity index is 1.89. The minimum atomic E-state index is -0.693. The number of hydrogen-bond acceptors (Lipinski definition) is 4. The quantitative estimate of drug-likeness (QED) is 0.513. The molecule has 0 saturated carbocycles. The molecule has 3 aromatic rings. The first-order valence-electron chi connectivity index (χ1n) is 8.21. The van der Waals surface area contributed by atoms with Gasteiger partial charge < -0.3 is 11.1 Å². The maximum atomic E-state index is 12.5. The number of primary amides is 1. The molecular weight excluding hydrogens is 481 g/mol. The molecule has 3 rings (SSSR count). The molecule has 0 aliphatic carbocycles. The molecule has 0 atom stereocenters. The molecule has 0 unspecified atom stereocenters. The molecule has 3 N–H and O–H groups in total. The van der Waals surface area contributed by atoms with Gasteiger partial charge in [-0.25, -0.2) is 9.67 Å². The van der Waals surface area contributed by atoms with Crippen molar-refractivity contribution in [3.63, 3.8) is 0 Å². The molecule has 10 heteroatoms. The monoisotopic (exact) mass is 493 g/mol. The molecule has 0 fully saturated rings. The van der Waals surface area contributed by atoms with Crippen molar-refractivity contribution in [3.05, 3.63) is 74.1 Å². The van der Waals surface area contributed by atoms with Crippen LogP contribution in [0.2, 0.25) is 10.0 Å². The summed E-state index contributed by atoms with van der Waals surface area (Å²) >= 11 is 15.5. The average Bonchev–Trinajstić information content (AvgIpc) is 3.02. The highest BCUT2D eigenvalue weighted by Crippen LogP contribution is 2.26. The van der Waals surface area contributed by atoms with Gasteiger partial charge in [0.05, 0.1) is 22.0 Å². The van der Waals surface area contributed by atoms with Crippen LogP contribution >= 0.6 is 39.1 Å². The Morgan fingerprint density at radius 3 is 2.72 bits per heavy atom. The smallest absolute Gasteiger partial charge is 0.250 e. The average molecular weight is 495 g/mol. The molecule has 0 bridgehead atoms. The molecule has 0 aliphatic heterocycles. The van der Waals surface area contributed by atoms with Gasteiger partial charge in [-0.3, -0.25) is 9.59 Å². The van der Waals surface area contributed by atoms with Crippen LogP contribution in [0.3, 0.4) is 0 Å². The number of nitrogens with one attached hydrogen (secondary N) is 1. The van der Waals surface area contributed by atoms with E-state index in [9.17, 15) is 9.59 Å². The van der Waals surface area contributed by atoms with Crippen LogP contribution in [0.25, 0.3) is 11.9 Å². The molecule has 0 spiro atoms. The third kappa shape index (κ3) is 4.84. The van der Waals surface area contributed by atoms with E-state index in [1.165, 1.54) is 16.8 Å². The van der Waals surface area contributed by atoms with E-state index in [4.69, 9.17) is 28.9 Å². The highest BCUT2D eigenvalue weighted by atomic mass is 79.9. The fourth-order valence-corrected chi connectivity index (χ4v) is 3.48. The summed E-state index contributed by atoms with van der Waals surface area (Å²) < 4.78 is 2.04. The van der Waals surface area contributed by atoms with Crippen LogP contribution in [0.1, 0.15) is 21.6 Å². The fourth-order valence-electron chi connectivity index (χ4n) is 2.62. The lowest BCUT2D eigenvalue weighted by molar-refractivity contribution is -0.111. The van der Waals surface area contributed by atoms with Crippen LogP contribution < -0.4 is 11.1 Å². The number of carbonyl (C=O) groups is 2. The molecule has 2 aromatic heterocycles. The molecule has 1 aromatic carbocycles. The van der Waals surface area contributed by atoms with Crippen LogP contribution in [0.5, 0.6) is 0 Å². The lowest BCUT2D eigenvalue weighted by Gasteiger charge is -2.11. The van der Waals surface area contributed by atoms with Crippen molar-refractivity contribution >= 4 is 62.7 Å². The number of amides is 2. The van der Waals surface area contributed by atoms with E-state index in [-0.39, 0.29) is 5.56 Å². The van der Waals surface area contributed by atoms with E-state index >= 15 is 0 Å². The van der Waals surface area contributed by atoms with Gasteiger partial charge in [0.15, 0.2) is 5.82 Å². The summed E-state index contributed by atoms with van der Waals surface area (Å²) in [6, 6.07) is 8.14. The molecule has 0 saturated heterocycles. The Bertz CT molecular complexity index is 1140. The van der Waals surface area contributed by atoms with E-state index < -0.39 is 11.8 Å². The first-order valence-corrected chi connectivity index (χ1v) is 9.76. The van der Waals surface area contributed by atoms with Crippen LogP contribution in [-0.4, -0.2) is 26.6 Å². The number of nitrogens with two attached hydrogens (primary N) is 1. The molecule has 0 radical (unpaired) electrons. The Morgan fingerprint density at radius 1 is 1.28 bits per heavy atom. The summed E-state index contributed by atoms with van der Waals surface area (Å²) in [7, 11) is 0. The summed E-state index contributed by atoms with van der Waals surface area (Å²) in [4.78, 5) is 28.4. The van der Waals surface area contributed by atoms with E-state index in [2.05, 4.69) is 31.3 Å². The van der Waals surface area contributed by atoms with Gasteiger partial charge >= 0.3 is 0 Å². The number of anilines is 1. The van der Waals surface area contributed by atoms with E-state index in [1.54, 1.807) is 43.5 Å². The SMILES string of the molecule is Cc1cc(Cl)cc(C(N)=O)c1NC(=O)/C=C/c1cc(Br)nn1-c1ncccc1Cl. The standard InChI is InChI=1S/C19H14BrCl2N5O2/c1-10-7-11(21)8-13(18(23)29)17(10)25-16(28)5-4-12-9-15(20)26-27(12)19-14(22)3-2-6-24-19/h2-9H,1H3,(H2,23,29)(H,25,28)/b5-4+. The summed E-state index contributed by atoms with van der Waals surface area (Å²) in [6.07, 6.45) is 4.44. The Hall–Kier alpha value is -2.68. The second-order valence-electron chi connectivity index (χ2n) is 5.94. The second-order valence-corrected chi connectivity index (χ2v) is 7.60. The Labute approximate surface area is 184 Å². The van der Waals surface area contributed by atoms with Crippen LogP contribution in [0.4, 0.5) is 5.69 Å². The number of rotatable bonds is 5. The first-order chi connectivity index (χ1) is 13.8. The number of halogens is 3.